The zero-order chi connectivity index (χ0) is 12.8. The maximum Gasteiger partial charge on any atom is 0.224 e. The van der Waals surface area contributed by atoms with E-state index in [1.807, 2.05) is 5.38 Å². The molecule has 2 aromatic rings. The van der Waals surface area contributed by atoms with Gasteiger partial charge in [-0.2, -0.15) is 0 Å². The predicted octanol–water partition coefficient (Wildman–Crippen LogP) is 2.18. The first-order chi connectivity index (χ1) is 8.75. The summed E-state index contributed by atoms with van der Waals surface area (Å²) in [5, 5.41) is 4.70. The Balaban J connectivity index is 1.77. The summed E-state index contributed by atoms with van der Waals surface area (Å²) < 4.78 is 13.3. The third-order valence-corrected chi connectivity index (χ3v) is 3.13. The number of thiazole rings is 1. The number of rotatable bonds is 5. The molecule has 0 radical (unpaired) electrons. The van der Waals surface area contributed by atoms with Gasteiger partial charge < -0.3 is 5.32 Å². The highest BCUT2D eigenvalue weighted by Crippen LogP contribution is 2.06. The zero-order valence-electron chi connectivity index (χ0n) is 9.73. The van der Waals surface area contributed by atoms with Crippen LogP contribution in [0.3, 0.4) is 0 Å². The lowest BCUT2D eigenvalue weighted by molar-refractivity contribution is -0.120. The molecule has 18 heavy (non-hydrogen) atoms. The first kappa shape index (κ1) is 12.7. The lowest BCUT2D eigenvalue weighted by Crippen LogP contribution is -2.27. The van der Waals surface area contributed by atoms with Gasteiger partial charge in [0.15, 0.2) is 0 Å². The Morgan fingerprint density at radius 1 is 1.39 bits per heavy atom. The Labute approximate surface area is 109 Å². The van der Waals surface area contributed by atoms with Crippen LogP contribution < -0.4 is 5.32 Å². The van der Waals surface area contributed by atoms with Crippen molar-refractivity contribution in [1.29, 1.82) is 0 Å². The van der Waals surface area contributed by atoms with E-state index in [1.54, 1.807) is 23.7 Å². The average molecular weight is 264 g/mol. The Morgan fingerprint density at radius 3 is 2.94 bits per heavy atom. The van der Waals surface area contributed by atoms with Crippen molar-refractivity contribution < 1.29 is 9.18 Å². The van der Waals surface area contributed by atoms with E-state index < -0.39 is 0 Å². The van der Waals surface area contributed by atoms with E-state index in [-0.39, 0.29) is 18.1 Å². The second-order valence-corrected chi connectivity index (χ2v) is 4.57. The molecule has 0 spiro atoms. The van der Waals surface area contributed by atoms with Crippen molar-refractivity contribution in [2.75, 3.05) is 6.54 Å². The maximum atomic E-state index is 13.3. The molecule has 1 amide bonds. The highest BCUT2D eigenvalue weighted by Gasteiger charge is 2.07. The zero-order valence-corrected chi connectivity index (χ0v) is 10.5. The van der Waals surface area contributed by atoms with E-state index in [0.717, 1.165) is 5.69 Å². The number of amides is 1. The molecule has 0 atom stereocenters. The average Bonchev–Trinajstić information content (AvgIpc) is 2.85. The summed E-state index contributed by atoms with van der Waals surface area (Å²) in [6.45, 7) is 0.525. The predicted molar refractivity (Wildman–Crippen MR) is 68.9 cm³/mol. The van der Waals surface area contributed by atoms with Crippen molar-refractivity contribution in [2.45, 2.75) is 12.8 Å². The van der Waals surface area contributed by atoms with Gasteiger partial charge in [0.25, 0.3) is 0 Å². The molecule has 0 fully saturated rings. The van der Waals surface area contributed by atoms with E-state index >= 15 is 0 Å². The first-order valence-electron chi connectivity index (χ1n) is 5.63. The van der Waals surface area contributed by atoms with Gasteiger partial charge in [0.1, 0.15) is 5.82 Å². The quantitative estimate of drug-likeness (QED) is 0.899. The Hall–Kier alpha value is -1.75. The highest BCUT2D eigenvalue weighted by molar-refractivity contribution is 7.07. The minimum absolute atomic E-state index is 0.0732. The van der Waals surface area contributed by atoms with Crippen molar-refractivity contribution >= 4 is 17.2 Å². The van der Waals surface area contributed by atoms with Gasteiger partial charge in [0.05, 0.1) is 17.6 Å². The largest absolute Gasteiger partial charge is 0.355 e. The summed E-state index contributed by atoms with van der Waals surface area (Å²) in [4.78, 5) is 15.7. The number of hydrogen-bond acceptors (Lipinski definition) is 3. The van der Waals surface area contributed by atoms with Crippen LogP contribution >= 0.6 is 11.3 Å². The van der Waals surface area contributed by atoms with Gasteiger partial charge in [-0.3, -0.25) is 4.79 Å². The normalized spacial score (nSPS) is 10.3. The van der Waals surface area contributed by atoms with Crippen LogP contribution in [0.15, 0.2) is 35.2 Å². The summed E-state index contributed by atoms with van der Waals surface area (Å²) in [6, 6.07) is 6.31. The monoisotopic (exact) mass is 264 g/mol. The van der Waals surface area contributed by atoms with Crippen LogP contribution in [-0.4, -0.2) is 17.4 Å². The third-order valence-electron chi connectivity index (χ3n) is 2.50. The second kappa shape index (κ2) is 6.26. The molecule has 3 nitrogen and oxygen atoms in total. The van der Waals surface area contributed by atoms with Gasteiger partial charge in [-0.15, -0.1) is 11.3 Å². The molecule has 0 saturated heterocycles. The fourth-order valence-corrected chi connectivity index (χ4v) is 2.16. The Bertz CT molecular complexity index is 513. The summed E-state index contributed by atoms with van der Waals surface area (Å²) in [5.41, 5.74) is 3.14. The molecule has 1 heterocycles. The standard InChI is InChI=1S/C13H13FN2OS/c14-12-4-2-1-3-10(12)7-13(17)15-6-5-11-8-18-9-16-11/h1-4,8-9H,5-7H2,(H,15,17). The number of halogens is 1. The molecule has 94 valence electrons. The molecule has 5 heteroatoms. The maximum absolute atomic E-state index is 13.3. The molecule has 0 bridgehead atoms. The van der Waals surface area contributed by atoms with Crippen molar-refractivity contribution in [3.8, 4) is 0 Å². The topological polar surface area (TPSA) is 42.0 Å². The van der Waals surface area contributed by atoms with Crippen molar-refractivity contribution in [3.63, 3.8) is 0 Å². The van der Waals surface area contributed by atoms with Gasteiger partial charge in [-0.1, -0.05) is 18.2 Å². The van der Waals surface area contributed by atoms with Crippen LogP contribution in [0.5, 0.6) is 0 Å². The minimum atomic E-state index is -0.341. The molecule has 0 aliphatic carbocycles. The number of carbonyl (C=O) groups excluding carboxylic acids is 1. The van der Waals surface area contributed by atoms with Crippen LogP contribution in [0.25, 0.3) is 0 Å². The van der Waals surface area contributed by atoms with Gasteiger partial charge >= 0.3 is 0 Å². The van der Waals surface area contributed by atoms with E-state index in [1.165, 1.54) is 17.4 Å². The van der Waals surface area contributed by atoms with Crippen molar-refractivity contribution in [3.05, 3.63) is 52.2 Å². The minimum Gasteiger partial charge on any atom is -0.355 e. The summed E-state index contributed by atoms with van der Waals surface area (Å²) in [6.07, 6.45) is 0.774. The fraction of sp³-hybridized carbons (Fsp3) is 0.231. The van der Waals surface area contributed by atoms with Gasteiger partial charge in [0, 0.05) is 18.3 Å². The van der Waals surface area contributed by atoms with Crippen LogP contribution in [-0.2, 0) is 17.6 Å². The summed E-state index contributed by atoms with van der Waals surface area (Å²) >= 11 is 1.53. The SMILES string of the molecule is O=C(Cc1ccccc1F)NCCc1cscn1. The number of benzene rings is 1. The fourth-order valence-electron chi connectivity index (χ4n) is 1.57. The molecule has 1 aromatic carbocycles. The summed E-state index contributed by atoms with van der Waals surface area (Å²) in [7, 11) is 0. The third kappa shape index (κ3) is 3.63. The van der Waals surface area contributed by atoms with Crippen LogP contribution in [0, 0.1) is 5.82 Å². The molecule has 0 aliphatic rings. The van der Waals surface area contributed by atoms with Gasteiger partial charge in [-0.25, -0.2) is 9.37 Å². The summed E-state index contributed by atoms with van der Waals surface area (Å²) in [5.74, 6) is -0.512. The van der Waals surface area contributed by atoms with Crippen molar-refractivity contribution in [1.82, 2.24) is 10.3 Å². The molecule has 2 rings (SSSR count). The number of nitrogens with one attached hydrogen (secondary N) is 1. The van der Waals surface area contributed by atoms with E-state index in [9.17, 15) is 9.18 Å². The number of aromatic nitrogens is 1. The smallest absolute Gasteiger partial charge is 0.224 e. The Morgan fingerprint density at radius 2 is 2.22 bits per heavy atom. The lowest BCUT2D eigenvalue weighted by Gasteiger charge is -2.05. The van der Waals surface area contributed by atoms with Gasteiger partial charge in [-0.05, 0) is 11.6 Å². The van der Waals surface area contributed by atoms with Gasteiger partial charge in [0.2, 0.25) is 5.91 Å². The molecule has 1 aromatic heterocycles. The Kier molecular flexibility index (Phi) is 4.41. The molecular formula is C13H13FN2OS. The van der Waals surface area contributed by atoms with E-state index in [4.69, 9.17) is 0 Å². The number of nitrogens with zero attached hydrogens (tertiary/aromatic N) is 1. The number of carbonyl (C=O) groups is 1. The number of hydrogen-bond donors (Lipinski definition) is 1. The molecule has 1 N–H and O–H groups in total. The van der Waals surface area contributed by atoms with E-state index in [2.05, 4.69) is 10.3 Å². The van der Waals surface area contributed by atoms with Crippen LogP contribution in [0.2, 0.25) is 0 Å². The molecule has 0 saturated carbocycles. The molecule has 0 aliphatic heterocycles. The van der Waals surface area contributed by atoms with Crippen LogP contribution in [0.1, 0.15) is 11.3 Å². The lowest BCUT2D eigenvalue weighted by atomic mass is 10.1. The second-order valence-electron chi connectivity index (χ2n) is 3.85. The van der Waals surface area contributed by atoms with Crippen LogP contribution in [0.4, 0.5) is 4.39 Å². The molecule has 0 unspecified atom stereocenters. The highest BCUT2D eigenvalue weighted by atomic mass is 32.1. The molecular weight excluding hydrogens is 251 g/mol. The van der Waals surface area contributed by atoms with E-state index in [0.29, 0.717) is 18.5 Å². The first-order valence-corrected chi connectivity index (χ1v) is 6.57. The van der Waals surface area contributed by atoms with Crippen molar-refractivity contribution in [2.24, 2.45) is 0 Å².